The normalized spacial score (nSPS) is 10.6. The Kier molecular flexibility index (Phi) is 5.73. The number of ether oxygens (including phenoxy) is 2. The zero-order chi connectivity index (χ0) is 11.8. The van der Waals surface area contributed by atoms with Crippen molar-refractivity contribution in [2.24, 2.45) is 0 Å². The Balaban J connectivity index is 2.14. The van der Waals surface area contributed by atoms with Gasteiger partial charge < -0.3 is 14.3 Å². The molecule has 16 heavy (non-hydrogen) atoms. The predicted octanol–water partition coefficient (Wildman–Crippen LogP) is -0.360. The van der Waals surface area contributed by atoms with Crippen LogP contribution in [0.5, 0.6) is 0 Å². The highest BCUT2D eigenvalue weighted by molar-refractivity contribution is 6.62. The van der Waals surface area contributed by atoms with Crippen molar-refractivity contribution in [3.63, 3.8) is 0 Å². The minimum atomic E-state index is -0.580. The third-order valence-corrected chi connectivity index (χ3v) is 1.83. The molecule has 1 aromatic rings. The fourth-order valence-corrected chi connectivity index (χ4v) is 1.04. The first kappa shape index (κ1) is 12.9. The van der Waals surface area contributed by atoms with Crippen LogP contribution in [0.1, 0.15) is 17.4 Å². The van der Waals surface area contributed by atoms with Gasteiger partial charge in [-0.1, -0.05) is 5.21 Å². The average Bonchev–Trinajstić information content (AvgIpc) is 2.72. The Morgan fingerprint density at radius 3 is 2.81 bits per heavy atom. The molecule has 0 spiro atoms. The molecule has 7 heteroatoms. The molecule has 1 aromatic heterocycles. The van der Waals surface area contributed by atoms with Crippen molar-refractivity contribution in [2.75, 3.05) is 26.4 Å². The van der Waals surface area contributed by atoms with Gasteiger partial charge in [-0.25, -0.2) is 4.68 Å². The zero-order valence-electron chi connectivity index (χ0n) is 9.26. The van der Waals surface area contributed by atoms with Crippen molar-refractivity contribution < 1.29 is 14.3 Å². The van der Waals surface area contributed by atoms with Crippen molar-refractivity contribution in [3.8, 4) is 0 Å². The lowest BCUT2D eigenvalue weighted by molar-refractivity contribution is 0.0486. The molecule has 0 unspecified atom stereocenters. The van der Waals surface area contributed by atoms with Gasteiger partial charge in [0.25, 0.3) is 0 Å². The second-order valence-electron chi connectivity index (χ2n) is 3.04. The largest absolute Gasteiger partial charge is 0.379 e. The molecule has 1 rings (SSSR count). The molecule has 0 bridgehead atoms. The van der Waals surface area contributed by atoms with Gasteiger partial charge in [-0.2, -0.15) is 0 Å². The van der Waals surface area contributed by atoms with Gasteiger partial charge in [0, 0.05) is 6.61 Å². The van der Waals surface area contributed by atoms with Crippen LogP contribution in [-0.4, -0.2) is 55.0 Å². The maximum atomic E-state index is 10.7. The lowest BCUT2D eigenvalue weighted by Gasteiger charge is -2.03. The van der Waals surface area contributed by atoms with Gasteiger partial charge in [0.05, 0.1) is 32.6 Å². The van der Waals surface area contributed by atoms with Crippen molar-refractivity contribution in [3.05, 3.63) is 11.9 Å². The highest BCUT2D eigenvalue weighted by Gasteiger charge is 2.03. The van der Waals surface area contributed by atoms with E-state index in [4.69, 9.17) is 17.3 Å². The van der Waals surface area contributed by atoms with Crippen molar-refractivity contribution in [1.29, 1.82) is 0 Å². The Morgan fingerprint density at radius 1 is 1.44 bits per heavy atom. The number of nitrogens with zero attached hydrogens (tertiary/aromatic N) is 3. The summed E-state index contributed by atoms with van der Waals surface area (Å²) in [5.41, 5.74) is -0.419. The van der Waals surface area contributed by atoms with Gasteiger partial charge >= 0.3 is 0 Å². The molecule has 86 valence electrons. The fourth-order valence-electron chi connectivity index (χ4n) is 1.04. The van der Waals surface area contributed by atoms with Crippen LogP contribution in [-0.2, 0) is 16.0 Å². The summed E-state index contributed by atoms with van der Waals surface area (Å²) in [5, 5.41) is 7.33. The molecule has 0 aliphatic carbocycles. The summed E-state index contributed by atoms with van der Waals surface area (Å²) in [7, 11) is 5.03. The van der Waals surface area contributed by atoms with E-state index in [0.717, 1.165) is 0 Å². The van der Waals surface area contributed by atoms with Gasteiger partial charge in [-0.15, -0.1) is 5.10 Å². The second-order valence-corrected chi connectivity index (χ2v) is 3.04. The molecular weight excluding hydrogens is 209 g/mol. The van der Waals surface area contributed by atoms with E-state index in [1.165, 1.54) is 10.9 Å². The van der Waals surface area contributed by atoms with Gasteiger partial charge in [0.1, 0.15) is 11.4 Å². The summed E-state index contributed by atoms with van der Waals surface area (Å²) < 4.78 is 11.9. The van der Waals surface area contributed by atoms with Crippen LogP contribution < -0.4 is 0 Å². The summed E-state index contributed by atoms with van der Waals surface area (Å²) in [6.45, 7) is 4.78. The van der Waals surface area contributed by atoms with Gasteiger partial charge in [-0.3, -0.25) is 0 Å². The van der Waals surface area contributed by atoms with Crippen LogP contribution in [0.15, 0.2) is 6.20 Å². The average molecular weight is 223 g/mol. The highest BCUT2D eigenvalue weighted by Crippen LogP contribution is 1.92. The molecule has 2 radical (unpaired) electrons. The van der Waals surface area contributed by atoms with E-state index in [0.29, 0.717) is 33.0 Å². The Bertz CT molecular complexity index is 330. The first-order valence-corrected chi connectivity index (χ1v) is 5.09. The molecule has 1 heterocycles. The number of hydrogen-bond donors (Lipinski definition) is 0. The molecule has 6 nitrogen and oxygen atoms in total. The summed E-state index contributed by atoms with van der Waals surface area (Å²) in [4.78, 5) is 10.7. The molecular formula is C9H14BN3O3. The van der Waals surface area contributed by atoms with E-state index in [1.807, 2.05) is 6.92 Å². The minimum absolute atomic E-state index is 0.161. The van der Waals surface area contributed by atoms with Crippen molar-refractivity contribution in [1.82, 2.24) is 15.0 Å². The third-order valence-electron chi connectivity index (χ3n) is 1.83. The number of aromatic nitrogens is 3. The maximum absolute atomic E-state index is 10.7. The van der Waals surface area contributed by atoms with Crippen molar-refractivity contribution in [2.45, 2.75) is 13.5 Å². The summed E-state index contributed by atoms with van der Waals surface area (Å²) in [5.74, 6) is 0. The standard InChI is InChI=1S/C9H14BN3O3/c1-2-15-5-6-16-4-3-13-7-8(9(10)14)11-12-13/h7H,2-6H2,1H3. The number of carbonyl (C=O) groups excluding carboxylic acids is 1. The lowest BCUT2D eigenvalue weighted by atomic mass is 10.0. The minimum Gasteiger partial charge on any atom is -0.379 e. The second kappa shape index (κ2) is 7.13. The highest BCUT2D eigenvalue weighted by atomic mass is 16.5. The smallest absolute Gasteiger partial charge is 0.177 e. The van der Waals surface area contributed by atoms with Crippen LogP contribution >= 0.6 is 0 Å². The maximum Gasteiger partial charge on any atom is 0.177 e. The molecule has 0 aromatic carbocycles. The predicted molar refractivity (Wildman–Crippen MR) is 57.4 cm³/mol. The van der Waals surface area contributed by atoms with E-state index in [1.54, 1.807) is 0 Å². The molecule has 0 aliphatic rings. The van der Waals surface area contributed by atoms with Gasteiger partial charge in [0.2, 0.25) is 0 Å². The fraction of sp³-hybridized carbons (Fsp3) is 0.667. The van der Waals surface area contributed by atoms with E-state index in [-0.39, 0.29) is 5.69 Å². The SMILES string of the molecule is [B]C(=O)c1cn(CCOCCOCC)nn1. The number of hydrogen-bond acceptors (Lipinski definition) is 5. The molecule has 0 atom stereocenters. The summed E-state index contributed by atoms with van der Waals surface area (Å²) in [6.07, 6.45) is 1.49. The number of rotatable bonds is 8. The van der Waals surface area contributed by atoms with E-state index >= 15 is 0 Å². The quantitative estimate of drug-likeness (QED) is 0.444. The monoisotopic (exact) mass is 223 g/mol. The Labute approximate surface area is 95.3 Å². The van der Waals surface area contributed by atoms with E-state index in [2.05, 4.69) is 10.3 Å². The van der Waals surface area contributed by atoms with Crippen molar-refractivity contribution >= 4 is 13.5 Å². The molecule has 0 saturated carbocycles. The molecule has 0 N–H and O–H groups in total. The molecule has 0 aliphatic heterocycles. The van der Waals surface area contributed by atoms with Gasteiger partial charge in [0.15, 0.2) is 7.85 Å². The Hall–Kier alpha value is -1.21. The van der Waals surface area contributed by atoms with Crippen LogP contribution in [0.4, 0.5) is 0 Å². The molecule has 0 fully saturated rings. The van der Waals surface area contributed by atoms with Crippen LogP contribution in [0, 0.1) is 0 Å². The van der Waals surface area contributed by atoms with Crippen LogP contribution in [0.25, 0.3) is 0 Å². The third kappa shape index (κ3) is 4.54. The van der Waals surface area contributed by atoms with Gasteiger partial charge in [-0.05, 0) is 6.92 Å². The van der Waals surface area contributed by atoms with E-state index < -0.39 is 5.68 Å². The summed E-state index contributed by atoms with van der Waals surface area (Å²) >= 11 is 0. The lowest BCUT2D eigenvalue weighted by Crippen LogP contribution is -2.10. The first-order chi connectivity index (χ1) is 7.74. The van der Waals surface area contributed by atoms with Crippen LogP contribution in [0.2, 0.25) is 0 Å². The molecule has 0 saturated heterocycles. The van der Waals surface area contributed by atoms with E-state index in [9.17, 15) is 4.79 Å². The van der Waals surface area contributed by atoms with Crippen LogP contribution in [0.3, 0.4) is 0 Å². The Morgan fingerprint density at radius 2 is 2.19 bits per heavy atom. The molecule has 0 amide bonds. The zero-order valence-corrected chi connectivity index (χ0v) is 9.26. The number of carbonyl (C=O) groups is 1. The topological polar surface area (TPSA) is 66.2 Å². The first-order valence-electron chi connectivity index (χ1n) is 5.09. The summed E-state index contributed by atoms with van der Waals surface area (Å²) in [6, 6.07) is 0.